The van der Waals surface area contributed by atoms with E-state index in [0.717, 1.165) is 18.1 Å². The minimum absolute atomic E-state index is 0.761. The zero-order valence-corrected chi connectivity index (χ0v) is 12.5. The second-order valence-electron chi connectivity index (χ2n) is 6.14. The first-order valence-electron chi connectivity index (χ1n) is 7.90. The SMILES string of the molecule is CCC(C)N1CCN(C2CCCC(NC)C2)CC1. The van der Waals surface area contributed by atoms with E-state index in [1.165, 1.54) is 58.3 Å². The summed E-state index contributed by atoms with van der Waals surface area (Å²) in [6.07, 6.45) is 6.84. The molecule has 2 fully saturated rings. The molecule has 1 aliphatic carbocycles. The average Bonchev–Trinajstić information content (AvgIpc) is 2.46. The summed E-state index contributed by atoms with van der Waals surface area (Å²) in [6, 6.07) is 2.37. The van der Waals surface area contributed by atoms with Crippen LogP contribution in [0.15, 0.2) is 0 Å². The van der Waals surface area contributed by atoms with Crippen LogP contribution in [0.1, 0.15) is 46.0 Å². The summed E-state index contributed by atoms with van der Waals surface area (Å²) < 4.78 is 0. The topological polar surface area (TPSA) is 18.5 Å². The van der Waals surface area contributed by atoms with Crippen LogP contribution in [0.3, 0.4) is 0 Å². The van der Waals surface area contributed by atoms with Gasteiger partial charge in [-0.05, 0) is 39.7 Å². The molecule has 1 saturated heterocycles. The number of hydrogen-bond acceptors (Lipinski definition) is 3. The maximum atomic E-state index is 3.47. The third-order valence-electron chi connectivity index (χ3n) is 5.13. The molecule has 2 aliphatic rings. The number of hydrogen-bond donors (Lipinski definition) is 1. The van der Waals surface area contributed by atoms with Crippen molar-refractivity contribution in [2.45, 2.75) is 64.1 Å². The van der Waals surface area contributed by atoms with Gasteiger partial charge in [-0.2, -0.15) is 0 Å². The van der Waals surface area contributed by atoms with Crippen molar-refractivity contribution in [2.24, 2.45) is 0 Å². The van der Waals surface area contributed by atoms with Gasteiger partial charge >= 0.3 is 0 Å². The smallest absolute Gasteiger partial charge is 0.0113 e. The van der Waals surface area contributed by atoms with Gasteiger partial charge in [0.15, 0.2) is 0 Å². The first-order chi connectivity index (χ1) is 8.74. The highest BCUT2D eigenvalue weighted by Crippen LogP contribution is 2.24. The molecule has 0 bridgehead atoms. The molecule has 0 radical (unpaired) electrons. The molecule has 1 aliphatic heterocycles. The predicted octanol–water partition coefficient (Wildman–Crippen LogP) is 1.93. The van der Waals surface area contributed by atoms with E-state index >= 15 is 0 Å². The summed E-state index contributed by atoms with van der Waals surface area (Å²) in [4.78, 5) is 5.41. The Morgan fingerprint density at radius 3 is 2.50 bits per heavy atom. The number of piperazine rings is 1. The molecule has 0 aromatic heterocycles. The van der Waals surface area contributed by atoms with E-state index in [1.54, 1.807) is 0 Å². The molecule has 3 atom stereocenters. The Bertz CT molecular complexity index is 236. The lowest BCUT2D eigenvalue weighted by atomic mass is 9.89. The fourth-order valence-electron chi connectivity index (χ4n) is 3.56. The quantitative estimate of drug-likeness (QED) is 0.826. The lowest BCUT2D eigenvalue weighted by Crippen LogP contribution is -2.54. The van der Waals surface area contributed by atoms with Crippen molar-refractivity contribution in [2.75, 3.05) is 33.2 Å². The van der Waals surface area contributed by atoms with Crippen LogP contribution in [0.25, 0.3) is 0 Å². The number of nitrogens with zero attached hydrogens (tertiary/aromatic N) is 2. The highest BCUT2D eigenvalue weighted by molar-refractivity contribution is 4.86. The summed E-state index contributed by atoms with van der Waals surface area (Å²) in [5, 5.41) is 3.47. The zero-order chi connectivity index (χ0) is 13.0. The van der Waals surface area contributed by atoms with Gasteiger partial charge in [0.05, 0.1) is 0 Å². The largest absolute Gasteiger partial charge is 0.317 e. The second kappa shape index (κ2) is 6.88. The van der Waals surface area contributed by atoms with Gasteiger partial charge in [-0.25, -0.2) is 0 Å². The highest BCUT2D eigenvalue weighted by Gasteiger charge is 2.29. The molecular formula is C15H31N3. The standard InChI is InChI=1S/C15H31N3/c1-4-13(2)17-8-10-18(11-9-17)15-7-5-6-14(12-15)16-3/h13-16H,4-12H2,1-3H3. The van der Waals surface area contributed by atoms with Gasteiger partial charge in [-0.1, -0.05) is 13.3 Å². The van der Waals surface area contributed by atoms with Crippen molar-refractivity contribution in [1.82, 2.24) is 15.1 Å². The summed E-state index contributed by atoms with van der Waals surface area (Å²) in [5.74, 6) is 0. The van der Waals surface area contributed by atoms with E-state index in [1.807, 2.05) is 0 Å². The van der Waals surface area contributed by atoms with E-state index in [2.05, 4.69) is 36.0 Å². The van der Waals surface area contributed by atoms with Gasteiger partial charge in [0, 0.05) is 44.3 Å². The van der Waals surface area contributed by atoms with Crippen LogP contribution in [0, 0.1) is 0 Å². The fraction of sp³-hybridized carbons (Fsp3) is 1.00. The molecule has 0 aromatic carbocycles. The van der Waals surface area contributed by atoms with Crippen molar-refractivity contribution in [3.05, 3.63) is 0 Å². The molecule has 3 unspecified atom stereocenters. The molecule has 1 heterocycles. The Morgan fingerprint density at radius 2 is 1.89 bits per heavy atom. The Kier molecular flexibility index (Phi) is 5.46. The molecule has 1 saturated carbocycles. The maximum absolute atomic E-state index is 3.47. The van der Waals surface area contributed by atoms with Crippen molar-refractivity contribution < 1.29 is 0 Å². The van der Waals surface area contributed by atoms with E-state index < -0.39 is 0 Å². The molecule has 3 nitrogen and oxygen atoms in total. The minimum Gasteiger partial charge on any atom is -0.317 e. The van der Waals surface area contributed by atoms with Gasteiger partial charge < -0.3 is 5.32 Å². The summed E-state index contributed by atoms with van der Waals surface area (Å²) in [7, 11) is 2.12. The minimum atomic E-state index is 0.761. The summed E-state index contributed by atoms with van der Waals surface area (Å²) in [6.45, 7) is 9.78. The van der Waals surface area contributed by atoms with Gasteiger partial charge in [0.2, 0.25) is 0 Å². The molecule has 3 heteroatoms. The monoisotopic (exact) mass is 253 g/mol. The van der Waals surface area contributed by atoms with Crippen LogP contribution < -0.4 is 5.32 Å². The van der Waals surface area contributed by atoms with E-state index in [0.29, 0.717) is 0 Å². The van der Waals surface area contributed by atoms with Gasteiger partial charge in [0.1, 0.15) is 0 Å². The molecule has 0 spiro atoms. The molecule has 106 valence electrons. The average molecular weight is 253 g/mol. The Morgan fingerprint density at radius 1 is 1.17 bits per heavy atom. The predicted molar refractivity (Wildman–Crippen MR) is 78.0 cm³/mol. The van der Waals surface area contributed by atoms with Crippen molar-refractivity contribution in [1.29, 1.82) is 0 Å². The van der Waals surface area contributed by atoms with Crippen LogP contribution >= 0.6 is 0 Å². The molecule has 1 N–H and O–H groups in total. The Labute approximate surface area is 113 Å². The van der Waals surface area contributed by atoms with E-state index in [9.17, 15) is 0 Å². The van der Waals surface area contributed by atoms with E-state index in [4.69, 9.17) is 0 Å². The number of rotatable bonds is 4. The van der Waals surface area contributed by atoms with Crippen LogP contribution in [0.4, 0.5) is 0 Å². The Hall–Kier alpha value is -0.120. The lowest BCUT2D eigenvalue weighted by molar-refractivity contribution is 0.0548. The molecule has 0 aromatic rings. The van der Waals surface area contributed by atoms with Gasteiger partial charge in [0.25, 0.3) is 0 Å². The fourth-order valence-corrected chi connectivity index (χ4v) is 3.56. The number of nitrogens with one attached hydrogen (secondary N) is 1. The molecule has 2 rings (SSSR count). The summed E-state index contributed by atoms with van der Waals surface area (Å²) in [5.41, 5.74) is 0. The van der Waals surface area contributed by atoms with Gasteiger partial charge in [-0.3, -0.25) is 9.80 Å². The lowest BCUT2D eigenvalue weighted by Gasteiger charge is -2.43. The first-order valence-corrected chi connectivity index (χ1v) is 7.90. The zero-order valence-electron chi connectivity index (χ0n) is 12.5. The van der Waals surface area contributed by atoms with Crippen molar-refractivity contribution in [3.8, 4) is 0 Å². The molecule has 18 heavy (non-hydrogen) atoms. The van der Waals surface area contributed by atoms with Crippen LogP contribution in [-0.2, 0) is 0 Å². The molecular weight excluding hydrogens is 222 g/mol. The van der Waals surface area contributed by atoms with Crippen LogP contribution in [0.2, 0.25) is 0 Å². The van der Waals surface area contributed by atoms with Crippen LogP contribution in [-0.4, -0.2) is 61.2 Å². The normalized spacial score (nSPS) is 33.5. The molecule has 0 amide bonds. The third kappa shape index (κ3) is 3.46. The Balaban J connectivity index is 1.78. The second-order valence-corrected chi connectivity index (χ2v) is 6.14. The maximum Gasteiger partial charge on any atom is 0.0113 e. The van der Waals surface area contributed by atoms with Crippen molar-refractivity contribution in [3.63, 3.8) is 0 Å². The first kappa shape index (κ1) is 14.3. The van der Waals surface area contributed by atoms with Crippen molar-refractivity contribution >= 4 is 0 Å². The van der Waals surface area contributed by atoms with Gasteiger partial charge in [-0.15, -0.1) is 0 Å². The van der Waals surface area contributed by atoms with Crippen LogP contribution in [0.5, 0.6) is 0 Å². The highest BCUT2D eigenvalue weighted by atomic mass is 15.3. The summed E-state index contributed by atoms with van der Waals surface area (Å²) >= 11 is 0. The van der Waals surface area contributed by atoms with E-state index in [-0.39, 0.29) is 0 Å². The third-order valence-corrected chi connectivity index (χ3v) is 5.13.